The van der Waals surface area contributed by atoms with Crippen LogP contribution in [-0.4, -0.2) is 29.6 Å². The predicted octanol–water partition coefficient (Wildman–Crippen LogP) is 3.55. The summed E-state index contributed by atoms with van der Waals surface area (Å²) in [6.07, 6.45) is 3.19. The van der Waals surface area contributed by atoms with E-state index in [1.54, 1.807) is 0 Å². The van der Waals surface area contributed by atoms with E-state index in [0.29, 0.717) is 6.54 Å². The topological polar surface area (TPSA) is 23.5 Å². The van der Waals surface area contributed by atoms with E-state index in [0.717, 1.165) is 24.0 Å². The first-order valence-electron chi connectivity index (χ1n) is 6.85. The van der Waals surface area contributed by atoms with Crippen LogP contribution in [0.15, 0.2) is 67.8 Å². The molecule has 104 valence electrons. The highest BCUT2D eigenvalue weighted by molar-refractivity contribution is 5.83. The summed E-state index contributed by atoms with van der Waals surface area (Å²) in [6, 6.07) is 14.3. The van der Waals surface area contributed by atoms with Gasteiger partial charge < -0.3 is 5.11 Å². The molecular formula is C18H21NO. The largest absolute Gasteiger partial charge is 0.387 e. The van der Waals surface area contributed by atoms with Gasteiger partial charge in [0.25, 0.3) is 0 Å². The smallest absolute Gasteiger partial charge is 0.0917 e. The van der Waals surface area contributed by atoms with E-state index in [9.17, 15) is 5.11 Å². The van der Waals surface area contributed by atoms with E-state index >= 15 is 0 Å². The van der Waals surface area contributed by atoms with Crippen molar-refractivity contribution in [3.05, 3.63) is 73.3 Å². The summed E-state index contributed by atoms with van der Waals surface area (Å²) in [5, 5.41) is 12.7. The van der Waals surface area contributed by atoms with Gasteiger partial charge in [0.2, 0.25) is 0 Å². The third-order valence-electron chi connectivity index (χ3n) is 3.36. The SMILES string of the molecule is C=CCN(CC=C)CC(O)c1ccc2ccccc2c1. The van der Waals surface area contributed by atoms with E-state index in [-0.39, 0.29) is 0 Å². The van der Waals surface area contributed by atoms with Gasteiger partial charge in [-0.3, -0.25) is 4.90 Å². The Morgan fingerprint density at radius 1 is 1.00 bits per heavy atom. The van der Waals surface area contributed by atoms with Crippen molar-refractivity contribution in [1.29, 1.82) is 0 Å². The zero-order valence-corrected chi connectivity index (χ0v) is 11.7. The van der Waals surface area contributed by atoms with Crippen LogP contribution < -0.4 is 0 Å². The lowest BCUT2D eigenvalue weighted by atomic mass is 10.0. The number of nitrogens with zero attached hydrogens (tertiary/aromatic N) is 1. The minimum atomic E-state index is -0.500. The lowest BCUT2D eigenvalue weighted by Crippen LogP contribution is -2.29. The third-order valence-corrected chi connectivity index (χ3v) is 3.36. The highest BCUT2D eigenvalue weighted by atomic mass is 16.3. The van der Waals surface area contributed by atoms with Gasteiger partial charge in [0.1, 0.15) is 0 Å². The van der Waals surface area contributed by atoms with Crippen LogP contribution in [0.25, 0.3) is 10.8 Å². The molecule has 2 nitrogen and oxygen atoms in total. The molecular weight excluding hydrogens is 246 g/mol. The molecule has 0 heterocycles. The molecule has 1 atom stereocenters. The van der Waals surface area contributed by atoms with Gasteiger partial charge >= 0.3 is 0 Å². The molecule has 0 aliphatic carbocycles. The second-order valence-electron chi connectivity index (χ2n) is 4.92. The van der Waals surface area contributed by atoms with Gasteiger partial charge in [-0.2, -0.15) is 0 Å². The molecule has 0 saturated heterocycles. The van der Waals surface area contributed by atoms with Crippen LogP contribution in [0, 0.1) is 0 Å². The Morgan fingerprint density at radius 2 is 1.65 bits per heavy atom. The van der Waals surface area contributed by atoms with Gasteiger partial charge in [-0.15, -0.1) is 13.2 Å². The van der Waals surface area contributed by atoms with Gasteiger partial charge in [0, 0.05) is 19.6 Å². The molecule has 2 aromatic rings. The van der Waals surface area contributed by atoms with Crippen molar-refractivity contribution in [3.8, 4) is 0 Å². The average molecular weight is 267 g/mol. The Hall–Kier alpha value is -1.90. The average Bonchev–Trinajstić information content (AvgIpc) is 2.47. The number of aliphatic hydroxyl groups excluding tert-OH is 1. The maximum atomic E-state index is 10.4. The molecule has 20 heavy (non-hydrogen) atoms. The lowest BCUT2D eigenvalue weighted by molar-refractivity contribution is 0.125. The Labute approximate surface area is 120 Å². The van der Waals surface area contributed by atoms with E-state index in [2.05, 4.69) is 42.3 Å². The Balaban J connectivity index is 2.15. The highest BCUT2D eigenvalue weighted by Gasteiger charge is 2.12. The third kappa shape index (κ3) is 3.56. The summed E-state index contributed by atoms with van der Waals surface area (Å²) in [5.41, 5.74) is 0.946. The summed E-state index contributed by atoms with van der Waals surface area (Å²) in [6.45, 7) is 9.57. The minimum Gasteiger partial charge on any atom is -0.387 e. The van der Waals surface area contributed by atoms with Gasteiger partial charge in [-0.1, -0.05) is 48.6 Å². The molecule has 0 radical (unpaired) electrons. The zero-order valence-electron chi connectivity index (χ0n) is 11.7. The van der Waals surface area contributed by atoms with Crippen LogP contribution in [0.2, 0.25) is 0 Å². The van der Waals surface area contributed by atoms with Gasteiger partial charge in [0.15, 0.2) is 0 Å². The Morgan fingerprint density at radius 3 is 2.30 bits per heavy atom. The molecule has 1 unspecified atom stereocenters. The molecule has 1 N–H and O–H groups in total. The Kier molecular flexibility index (Phi) is 5.10. The fourth-order valence-corrected chi connectivity index (χ4v) is 2.35. The number of benzene rings is 2. The van der Waals surface area contributed by atoms with Crippen molar-refractivity contribution in [2.75, 3.05) is 19.6 Å². The van der Waals surface area contributed by atoms with Crippen molar-refractivity contribution in [3.63, 3.8) is 0 Å². The standard InChI is InChI=1S/C18H21NO/c1-3-11-19(12-4-2)14-18(20)17-10-9-15-7-5-6-8-16(15)13-17/h3-10,13,18,20H,1-2,11-12,14H2. The predicted molar refractivity (Wildman–Crippen MR) is 85.7 cm³/mol. The van der Waals surface area contributed by atoms with E-state index in [1.165, 1.54) is 5.39 Å². The summed E-state index contributed by atoms with van der Waals surface area (Å²) < 4.78 is 0. The second kappa shape index (κ2) is 7.04. The van der Waals surface area contributed by atoms with E-state index in [4.69, 9.17) is 0 Å². The second-order valence-corrected chi connectivity index (χ2v) is 4.92. The van der Waals surface area contributed by atoms with Gasteiger partial charge in [-0.05, 0) is 22.4 Å². The first-order valence-corrected chi connectivity index (χ1v) is 6.85. The first kappa shape index (κ1) is 14.5. The number of aliphatic hydroxyl groups is 1. The Bertz CT molecular complexity index is 581. The quantitative estimate of drug-likeness (QED) is 0.776. The van der Waals surface area contributed by atoms with Crippen LogP contribution in [0.1, 0.15) is 11.7 Å². The van der Waals surface area contributed by atoms with Crippen molar-refractivity contribution in [1.82, 2.24) is 4.90 Å². The van der Waals surface area contributed by atoms with E-state index in [1.807, 2.05) is 30.4 Å². The maximum Gasteiger partial charge on any atom is 0.0917 e. The molecule has 0 aliphatic rings. The minimum absolute atomic E-state index is 0.500. The van der Waals surface area contributed by atoms with Gasteiger partial charge in [0.05, 0.1) is 6.10 Å². The van der Waals surface area contributed by atoms with Crippen LogP contribution in [0.5, 0.6) is 0 Å². The maximum absolute atomic E-state index is 10.4. The fraction of sp³-hybridized carbons (Fsp3) is 0.222. The molecule has 0 saturated carbocycles. The van der Waals surface area contributed by atoms with Crippen molar-refractivity contribution in [2.24, 2.45) is 0 Å². The molecule has 2 aromatic carbocycles. The summed E-state index contributed by atoms with van der Waals surface area (Å²) in [7, 11) is 0. The highest BCUT2D eigenvalue weighted by Crippen LogP contribution is 2.21. The number of hydrogen-bond donors (Lipinski definition) is 1. The zero-order chi connectivity index (χ0) is 14.4. The molecule has 2 rings (SSSR count). The van der Waals surface area contributed by atoms with Crippen LogP contribution in [0.4, 0.5) is 0 Å². The fourth-order valence-electron chi connectivity index (χ4n) is 2.35. The van der Waals surface area contributed by atoms with Crippen molar-refractivity contribution < 1.29 is 5.11 Å². The van der Waals surface area contributed by atoms with Crippen molar-refractivity contribution in [2.45, 2.75) is 6.10 Å². The van der Waals surface area contributed by atoms with E-state index < -0.39 is 6.10 Å². The van der Waals surface area contributed by atoms with Gasteiger partial charge in [-0.25, -0.2) is 0 Å². The molecule has 0 amide bonds. The lowest BCUT2D eigenvalue weighted by Gasteiger charge is -2.22. The van der Waals surface area contributed by atoms with Crippen LogP contribution in [-0.2, 0) is 0 Å². The van der Waals surface area contributed by atoms with Crippen molar-refractivity contribution >= 4 is 10.8 Å². The molecule has 0 spiro atoms. The monoisotopic (exact) mass is 267 g/mol. The number of rotatable bonds is 7. The summed E-state index contributed by atoms with van der Waals surface area (Å²) in [5.74, 6) is 0. The molecule has 0 fully saturated rings. The molecule has 0 aromatic heterocycles. The molecule has 0 bridgehead atoms. The summed E-state index contributed by atoms with van der Waals surface area (Å²) in [4.78, 5) is 2.11. The first-order chi connectivity index (χ1) is 9.74. The van der Waals surface area contributed by atoms with Crippen LogP contribution >= 0.6 is 0 Å². The molecule has 0 aliphatic heterocycles. The number of fused-ring (bicyclic) bond motifs is 1. The number of hydrogen-bond acceptors (Lipinski definition) is 2. The summed E-state index contributed by atoms with van der Waals surface area (Å²) >= 11 is 0. The molecule has 2 heteroatoms. The van der Waals surface area contributed by atoms with Crippen LogP contribution in [0.3, 0.4) is 0 Å². The normalized spacial score (nSPS) is 12.5.